The molecule has 6 heteroatoms. The van der Waals surface area contributed by atoms with Gasteiger partial charge in [0.2, 0.25) is 5.91 Å². The molecule has 130 valence electrons. The fourth-order valence-electron chi connectivity index (χ4n) is 3.26. The lowest BCUT2D eigenvalue weighted by Gasteiger charge is -2.40. The minimum absolute atomic E-state index is 0.0135. The Hall–Kier alpha value is -1.53. The minimum Gasteiger partial charge on any atom is -0.486 e. The molecule has 3 rings (SSSR count). The third-order valence-electron chi connectivity index (χ3n) is 4.68. The summed E-state index contributed by atoms with van der Waals surface area (Å²) in [6.07, 6.45) is 2.84. The molecule has 2 saturated heterocycles. The van der Waals surface area contributed by atoms with Crippen LogP contribution in [0.4, 0.5) is 0 Å². The molecule has 1 unspecified atom stereocenters. The van der Waals surface area contributed by atoms with E-state index in [0.29, 0.717) is 26.1 Å². The fourth-order valence-corrected chi connectivity index (χ4v) is 3.26. The van der Waals surface area contributed by atoms with Crippen LogP contribution in [0.25, 0.3) is 0 Å². The van der Waals surface area contributed by atoms with Crippen molar-refractivity contribution in [3.8, 4) is 5.75 Å². The molecule has 0 aliphatic carbocycles. The predicted octanol–water partition coefficient (Wildman–Crippen LogP) is 0.557. The molecule has 1 N–H and O–H groups in total. The summed E-state index contributed by atoms with van der Waals surface area (Å²) in [5.41, 5.74) is 2.53. The Morgan fingerprint density at radius 2 is 2.29 bits per heavy atom. The lowest BCUT2D eigenvalue weighted by atomic mass is 9.96. The number of rotatable bonds is 6. The number of amides is 1. The van der Waals surface area contributed by atoms with E-state index in [9.17, 15) is 4.79 Å². The van der Waals surface area contributed by atoms with Gasteiger partial charge < -0.3 is 19.7 Å². The number of ether oxygens (including phenoxy) is 2. The van der Waals surface area contributed by atoms with Crippen molar-refractivity contribution < 1.29 is 14.3 Å². The molecule has 1 atom stereocenters. The van der Waals surface area contributed by atoms with Gasteiger partial charge in [-0.05, 0) is 30.5 Å². The summed E-state index contributed by atoms with van der Waals surface area (Å²) in [5.74, 6) is 1.10. The normalized spacial score (nSPS) is 21.4. The zero-order valence-corrected chi connectivity index (χ0v) is 14.7. The number of hydrogen-bond donors (Lipinski definition) is 1. The number of benzene rings is 1. The van der Waals surface area contributed by atoms with E-state index >= 15 is 0 Å². The molecule has 0 saturated carbocycles. The molecular weight excluding hydrogens is 303 g/mol. The summed E-state index contributed by atoms with van der Waals surface area (Å²) in [6, 6.07) is 6.40. The first-order valence-corrected chi connectivity index (χ1v) is 9.02. The minimum atomic E-state index is 0.0135. The SMILES string of the molecule is BCCc1ccc(OC2CN(C(=O)CC3CNCCO3)C2)c(C)c1. The number of likely N-dealkylation sites (tertiary alicyclic amines) is 1. The molecule has 2 heterocycles. The Morgan fingerprint density at radius 3 is 2.96 bits per heavy atom. The van der Waals surface area contributed by atoms with Gasteiger partial charge in [-0.1, -0.05) is 18.5 Å². The summed E-state index contributed by atoms with van der Waals surface area (Å²) < 4.78 is 11.6. The van der Waals surface area contributed by atoms with Crippen LogP contribution < -0.4 is 10.1 Å². The summed E-state index contributed by atoms with van der Waals surface area (Å²) in [6.45, 7) is 5.77. The van der Waals surface area contributed by atoms with E-state index in [2.05, 4.69) is 38.3 Å². The summed E-state index contributed by atoms with van der Waals surface area (Å²) >= 11 is 0. The lowest BCUT2D eigenvalue weighted by molar-refractivity contribution is -0.143. The number of aryl methyl sites for hydroxylation is 2. The number of carbonyl (C=O) groups is 1. The highest BCUT2D eigenvalue weighted by molar-refractivity contribution is 6.08. The van der Waals surface area contributed by atoms with Gasteiger partial charge in [0, 0.05) is 13.1 Å². The van der Waals surface area contributed by atoms with Crippen LogP contribution in [0.15, 0.2) is 18.2 Å². The van der Waals surface area contributed by atoms with Crippen molar-refractivity contribution in [2.75, 3.05) is 32.8 Å². The van der Waals surface area contributed by atoms with E-state index in [4.69, 9.17) is 9.47 Å². The number of morpholine rings is 1. The smallest absolute Gasteiger partial charge is 0.225 e. The van der Waals surface area contributed by atoms with Crippen molar-refractivity contribution in [2.24, 2.45) is 0 Å². The van der Waals surface area contributed by atoms with Crippen molar-refractivity contribution >= 4 is 13.8 Å². The number of carbonyl (C=O) groups excluding carboxylic acids is 1. The van der Waals surface area contributed by atoms with Crippen LogP contribution in [0, 0.1) is 6.92 Å². The van der Waals surface area contributed by atoms with Crippen LogP contribution in [-0.4, -0.2) is 63.6 Å². The quantitative estimate of drug-likeness (QED) is 0.775. The van der Waals surface area contributed by atoms with Gasteiger partial charge in [-0.25, -0.2) is 0 Å². The Morgan fingerprint density at radius 1 is 1.46 bits per heavy atom. The molecule has 0 aromatic heterocycles. The number of nitrogens with one attached hydrogen (secondary N) is 1. The van der Waals surface area contributed by atoms with Crippen LogP contribution >= 0.6 is 0 Å². The van der Waals surface area contributed by atoms with Crippen LogP contribution in [-0.2, 0) is 16.0 Å². The molecule has 24 heavy (non-hydrogen) atoms. The molecule has 0 bridgehead atoms. The average Bonchev–Trinajstić information content (AvgIpc) is 2.53. The highest BCUT2D eigenvalue weighted by atomic mass is 16.5. The maximum absolute atomic E-state index is 12.2. The van der Waals surface area contributed by atoms with Crippen molar-refractivity contribution in [1.82, 2.24) is 10.2 Å². The number of nitrogens with zero attached hydrogens (tertiary/aromatic N) is 1. The van der Waals surface area contributed by atoms with E-state index < -0.39 is 0 Å². The van der Waals surface area contributed by atoms with E-state index in [1.165, 1.54) is 11.1 Å². The Balaban J connectivity index is 1.44. The topological polar surface area (TPSA) is 50.8 Å². The fraction of sp³-hybridized carbons (Fsp3) is 0.611. The van der Waals surface area contributed by atoms with Gasteiger partial charge in [-0.3, -0.25) is 4.79 Å². The third-order valence-corrected chi connectivity index (χ3v) is 4.68. The summed E-state index contributed by atoms with van der Waals surface area (Å²) in [4.78, 5) is 14.1. The second-order valence-electron chi connectivity index (χ2n) is 6.79. The predicted molar refractivity (Wildman–Crippen MR) is 96.5 cm³/mol. The van der Waals surface area contributed by atoms with Crippen LogP contribution in [0.2, 0.25) is 6.32 Å². The monoisotopic (exact) mass is 330 g/mol. The van der Waals surface area contributed by atoms with Gasteiger partial charge in [0.05, 0.1) is 32.2 Å². The van der Waals surface area contributed by atoms with Gasteiger partial charge >= 0.3 is 0 Å². The maximum atomic E-state index is 12.2. The first-order valence-electron chi connectivity index (χ1n) is 9.02. The highest BCUT2D eigenvalue weighted by Gasteiger charge is 2.33. The molecule has 0 radical (unpaired) electrons. The molecule has 1 aromatic carbocycles. The highest BCUT2D eigenvalue weighted by Crippen LogP contribution is 2.24. The van der Waals surface area contributed by atoms with Gasteiger partial charge in [0.1, 0.15) is 19.7 Å². The van der Waals surface area contributed by atoms with Crippen molar-refractivity contribution in [3.05, 3.63) is 29.3 Å². The zero-order valence-electron chi connectivity index (χ0n) is 14.7. The van der Waals surface area contributed by atoms with Gasteiger partial charge in [0.25, 0.3) is 0 Å². The second kappa shape index (κ2) is 8.03. The molecule has 2 fully saturated rings. The van der Waals surface area contributed by atoms with Crippen LogP contribution in [0.5, 0.6) is 5.75 Å². The number of hydrogen-bond acceptors (Lipinski definition) is 4. The molecule has 0 spiro atoms. The maximum Gasteiger partial charge on any atom is 0.225 e. The van der Waals surface area contributed by atoms with Crippen LogP contribution in [0.3, 0.4) is 0 Å². The molecule has 2 aliphatic heterocycles. The molecule has 2 aliphatic rings. The van der Waals surface area contributed by atoms with Crippen molar-refractivity contribution in [1.29, 1.82) is 0 Å². The second-order valence-corrected chi connectivity index (χ2v) is 6.79. The lowest BCUT2D eigenvalue weighted by Crippen LogP contribution is -2.57. The largest absolute Gasteiger partial charge is 0.486 e. The van der Waals surface area contributed by atoms with E-state index in [1.807, 2.05) is 4.90 Å². The Labute approximate surface area is 145 Å². The molecule has 1 amide bonds. The Kier molecular flexibility index (Phi) is 5.79. The summed E-state index contributed by atoms with van der Waals surface area (Å²) in [5, 5.41) is 3.26. The van der Waals surface area contributed by atoms with Crippen LogP contribution in [0.1, 0.15) is 17.5 Å². The first kappa shape index (κ1) is 17.3. The Bertz CT molecular complexity index is 569. The van der Waals surface area contributed by atoms with Gasteiger partial charge in [0.15, 0.2) is 0 Å². The summed E-state index contributed by atoms with van der Waals surface area (Å²) in [7, 11) is 2.19. The first-order chi connectivity index (χ1) is 11.7. The average molecular weight is 330 g/mol. The van der Waals surface area contributed by atoms with E-state index in [1.54, 1.807) is 0 Å². The van der Waals surface area contributed by atoms with E-state index in [0.717, 1.165) is 31.6 Å². The van der Waals surface area contributed by atoms with Crippen molar-refractivity contribution in [2.45, 2.75) is 38.3 Å². The van der Waals surface area contributed by atoms with Crippen molar-refractivity contribution in [3.63, 3.8) is 0 Å². The van der Waals surface area contributed by atoms with Gasteiger partial charge in [-0.15, -0.1) is 0 Å². The molecular formula is C18H27BN2O3. The van der Waals surface area contributed by atoms with E-state index in [-0.39, 0.29) is 18.1 Å². The third kappa shape index (κ3) is 4.30. The molecule has 1 aromatic rings. The standard InChI is InChI=1S/C18H27BN2O3/c1-13-8-14(4-5-19)2-3-17(13)24-16-11-21(12-16)18(22)9-15-10-20-6-7-23-15/h2-3,8,15-16,20H,4-7,9-12,19H2,1H3. The van der Waals surface area contributed by atoms with Gasteiger partial charge in [-0.2, -0.15) is 0 Å². The molecule has 5 nitrogen and oxygen atoms in total. The zero-order chi connectivity index (χ0) is 16.9.